The van der Waals surface area contributed by atoms with Crippen LogP contribution in [0.25, 0.3) is 4.85 Å². The maximum Gasteiger partial charge on any atom is 0.330 e. The van der Waals surface area contributed by atoms with Gasteiger partial charge in [-0.3, -0.25) is 24.0 Å². The lowest BCUT2D eigenvalue weighted by Gasteiger charge is -2.37. The molecule has 0 bridgehead atoms. The summed E-state index contributed by atoms with van der Waals surface area (Å²) in [5.41, 5.74) is 0.741. The number of fused-ring (bicyclic) bond motifs is 1. The molecule has 0 unspecified atom stereocenters. The van der Waals surface area contributed by atoms with Gasteiger partial charge in [-0.15, -0.1) is 0 Å². The van der Waals surface area contributed by atoms with Gasteiger partial charge in [-0.2, -0.15) is 0 Å². The second-order valence-electron chi connectivity index (χ2n) is 17.1. The number of carbonyl (C=O) groups is 6. The molecule has 3 aliphatic carbocycles. The van der Waals surface area contributed by atoms with Crippen molar-refractivity contribution < 1.29 is 57.2 Å². The second kappa shape index (κ2) is 24.8. The highest BCUT2D eigenvalue weighted by Gasteiger charge is 2.37. The van der Waals surface area contributed by atoms with Gasteiger partial charge in [0.1, 0.15) is 30.5 Å². The topological polar surface area (TPSA) is 186 Å². The number of rotatable bonds is 18. The molecule has 2 aromatic carbocycles. The summed E-state index contributed by atoms with van der Waals surface area (Å²) < 4.78 is 32.9. The third-order valence-corrected chi connectivity index (χ3v) is 15.6. The molecule has 350 valence electrons. The van der Waals surface area contributed by atoms with Crippen molar-refractivity contribution in [3.05, 3.63) is 76.0 Å². The zero-order valence-electron chi connectivity index (χ0n) is 37.3. The van der Waals surface area contributed by atoms with Crippen LogP contribution in [0.4, 0.5) is 0 Å². The van der Waals surface area contributed by atoms with Gasteiger partial charge in [0, 0.05) is 12.5 Å². The van der Waals surface area contributed by atoms with E-state index in [0.717, 1.165) is 60.9 Å². The fourth-order valence-corrected chi connectivity index (χ4v) is 11.5. The largest absolute Gasteiger partial charge is 0.465 e. The van der Waals surface area contributed by atoms with Crippen molar-refractivity contribution in [1.29, 1.82) is 5.26 Å². The Morgan fingerprint density at radius 2 is 1.15 bits per heavy atom. The number of ether oxygens (including phenoxy) is 6. The van der Waals surface area contributed by atoms with Crippen LogP contribution in [-0.4, -0.2) is 55.6 Å². The number of nitriles is 1. The standard InChI is InChI=1S/C50H56N2O12S2/c1-4-31-6-10-33(11-7-31)34-12-14-36(15-13-34)48(57)63-40-22-23-41(46-45(40)65-50(66-46)39(30-51)52-3)64-49(58)37-18-16-35(17-19-37)47(56)62-38-20-8-32(9-21-38)26-27-59-43(54)24-25-44(55)61-29-28-60-42(53)5-2/h5,8-9,20-23,31,33-37H,2,4,6-7,10-19,24-29H2,1H3/b50-39-. The van der Waals surface area contributed by atoms with Crippen LogP contribution in [0.1, 0.15) is 109 Å². The molecule has 66 heavy (non-hydrogen) atoms. The molecule has 0 saturated heterocycles. The van der Waals surface area contributed by atoms with E-state index < -0.39 is 41.7 Å². The Balaban J connectivity index is 0.937. The molecule has 0 amide bonds. The van der Waals surface area contributed by atoms with Crippen molar-refractivity contribution in [3.8, 4) is 23.3 Å². The maximum absolute atomic E-state index is 13.6. The molecule has 16 heteroatoms. The van der Waals surface area contributed by atoms with Crippen molar-refractivity contribution in [2.24, 2.45) is 35.5 Å². The SMILES string of the molecule is [C-]#[N+]/C(C#N)=C1\Sc2c(OC(=O)C3CCC(C(=O)Oc4ccc(CCOC(=O)CCC(=O)OCCOC(=O)C=C)cc4)CC3)ccc(OC(=O)C3CCC(C4CCC(CC)CC4)CC3)c2S1. The average Bonchev–Trinajstić information content (AvgIpc) is 3.80. The van der Waals surface area contributed by atoms with E-state index in [1.165, 1.54) is 43.9 Å². The Morgan fingerprint density at radius 1 is 0.682 bits per heavy atom. The molecule has 1 heterocycles. The van der Waals surface area contributed by atoms with Crippen LogP contribution in [0.2, 0.25) is 0 Å². The first-order valence-corrected chi connectivity index (χ1v) is 24.5. The molecular formula is C50H56N2O12S2. The summed E-state index contributed by atoms with van der Waals surface area (Å²) >= 11 is 2.32. The Kier molecular flexibility index (Phi) is 18.7. The highest BCUT2D eigenvalue weighted by Crippen LogP contribution is 2.59. The van der Waals surface area contributed by atoms with Crippen LogP contribution < -0.4 is 14.2 Å². The summed E-state index contributed by atoms with van der Waals surface area (Å²) in [4.78, 5) is 79.5. The minimum absolute atomic E-state index is 0.0836. The van der Waals surface area contributed by atoms with Crippen LogP contribution in [0.15, 0.2) is 68.8 Å². The molecule has 0 aromatic heterocycles. The van der Waals surface area contributed by atoms with Crippen LogP contribution in [0, 0.1) is 53.4 Å². The molecule has 14 nitrogen and oxygen atoms in total. The Labute approximate surface area is 394 Å². The third kappa shape index (κ3) is 14.0. The summed E-state index contributed by atoms with van der Waals surface area (Å²) in [5.74, 6) is -0.821. The van der Waals surface area contributed by atoms with E-state index in [9.17, 15) is 34.0 Å². The third-order valence-electron chi connectivity index (χ3n) is 13.0. The van der Waals surface area contributed by atoms with Gasteiger partial charge in [0.15, 0.2) is 0 Å². The van der Waals surface area contributed by atoms with E-state index in [1.807, 2.05) is 6.07 Å². The van der Waals surface area contributed by atoms with Crippen molar-refractivity contribution in [3.63, 3.8) is 0 Å². The molecule has 0 radical (unpaired) electrons. The first kappa shape index (κ1) is 49.8. The molecule has 1 aliphatic heterocycles. The van der Waals surface area contributed by atoms with E-state index in [2.05, 4.69) is 18.3 Å². The second-order valence-corrected chi connectivity index (χ2v) is 19.4. The number of nitrogens with zero attached hydrogens (tertiary/aromatic N) is 2. The summed E-state index contributed by atoms with van der Waals surface area (Å²) in [7, 11) is 0. The number of carbonyl (C=O) groups excluding carboxylic acids is 6. The lowest BCUT2D eigenvalue weighted by Crippen LogP contribution is -2.30. The van der Waals surface area contributed by atoms with E-state index in [4.69, 9.17) is 35.0 Å². The predicted octanol–water partition coefficient (Wildman–Crippen LogP) is 9.88. The quantitative estimate of drug-likeness (QED) is 0.0261. The van der Waals surface area contributed by atoms with Crippen molar-refractivity contribution in [1.82, 2.24) is 0 Å². The zero-order chi connectivity index (χ0) is 47.0. The Hall–Kier alpha value is -5.58. The molecular weight excluding hydrogens is 885 g/mol. The van der Waals surface area contributed by atoms with Gasteiger partial charge >= 0.3 is 35.8 Å². The fraction of sp³-hybridized carbons (Fsp3) is 0.520. The van der Waals surface area contributed by atoms with Gasteiger partial charge in [0.05, 0.1) is 63.9 Å². The smallest absolute Gasteiger partial charge is 0.330 e. The lowest BCUT2D eigenvalue weighted by molar-refractivity contribution is -0.152. The Bertz CT molecular complexity index is 2210. The minimum Gasteiger partial charge on any atom is -0.465 e. The number of hydrogen-bond acceptors (Lipinski definition) is 15. The van der Waals surface area contributed by atoms with E-state index in [1.54, 1.807) is 36.4 Å². The minimum atomic E-state index is -0.627. The molecule has 0 atom stereocenters. The van der Waals surface area contributed by atoms with Gasteiger partial charge in [-0.05, 0) is 112 Å². The van der Waals surface area contributed by atoms with Crippen LogP contribution in [0.5, 0.6) is 17.2 Å². The zero-order valence-corrected chi connectivity index (χ0v) is 38.9. The van der Waals surface area contributed by atoms with Crippen molar-refractivity contribution in [2.45, 2.75) is 119 Å². The summed E-state index contributed by atoms with van der Waals surface area (Å²) in [5, 5.41) is 9.65. The first-order chi connectivity index (χ1) is 32.0. The summed E-state index contributed by atoms with van der Waals surface area (Å²) in [6.07, 6.45) is 12.8. The normalized spacial score (nSPS) is 23.1. The van der Waals surface area contributed by atoms with Gasteiger partial charge in [0.25, 0.3) is 5.70 Å². The lowest BCUT2D eigenvalue weighted by atomic mass is 9.69. The molecule has 2 aromatic rings. The van der Waals surface area contributed by atoms with Crippen molar-refractivity contribution in [2.75, 3.05) is 19.8 Å². The predicted molar refractivity (Wildman–Crippen MR) is 243 cm³/mol. The molecule has 6 rings (SSSR count). The van der Waals surface area contributed by atoms with E-state index in [0.29, 0.717) is 63.5 Å². The van der Waals surface area contributed by atoms with Gasteiger partial charge < -0.3 is 28.4 Å². The number of allylic oxidation sites excluding steroid dienone is 1. The summed E-state index contributed by atoms with van der Waals surface area (Å²) in [6, 6.07) is 12.0. The monoisotopic (exact) mass is 940 g/mol. The van der Waals surface area contributed by atoms with Gasteiger partial charge in [0.2, 0.25) is 0 Å². The number of hydrogen-bond donors (Lipinski definition) is 0. The van der Waals surface area contributed by atoms with Crippen molar-refractivity contribution >= 4 is 59.3 Å². The highest BCUT2D eigenvalue weighted by atomic mass is 32.2. The van der Waals surface area contributed by atoms with Crippen LogP contribution >= 0.6 is 23.5 Å². The summed E-state index contributed by atoms with van der Waals surface area (Å²) in [6.45, 7) is 12.9. The first-order valence-electron chi connectivity index (χ1n) is 22.9. The van der Waals surface area contributed by atoms with E-state index >= 15 is 0 Å². The van der Waals surface area contributed by atoms with Crippen LogP contribution in [0.3, 0.4) is 0 Å². The molecule has 3 fully saturated rings. The number of esters is 6. The van der Waals surface area contributed by atoms with E-state index in [-0.39, 0.29) is 56.0 Å². The molecule has 4 aliphatic rings. The number of benzene rings is 2. The molecule has 3 saturated carbocycles. The molecule has 0 N–H and O–H groups in total. The van der Waals surface area contributed by atoms with Gasteiger partial charge in [-0.1, -0.05) is 68.4 Å². The maximum atomic E-state index is 13.6. The number of thioether (sulfide) groups is 2. The average molecular weight is 941 g/mol. The fourth-order valence-electron chi connectivity index (χ4n) is 9.05. The molecule has 0 spiro atoms. The highest BCUT2D eigenvalue weighted by molar-refractivity contribution is 8.24. The van der Waals surface area contributed by atoms with Crippen LogP contribution in [-0.2, 0) is 49.4 Å². The Morgan fingerprint density at radius 3 is 1.64 bits per heavy atom. The van der Waals surface area contributed by atoms with Gasteiger partial charge in [-0.25, -0.2) is 14.9 Å².